The van der Waals surface area contributed by atoms with E-state index in [1.54, 1.807) is 59.8 Å². The number of aromatic nitrogens is 2. The van der Waals surface area contributed by atoms with Gasteiger partial charge in [-0.15, -0.1) is 12.4 Å². The van der Waals surface area contributed by atoms with Crippen LogP contribution in [0.5, 0.6) is 0 Å². The fourth-order valence-electron chi connectivity index (χ4n) is 4.03. The second kappa shape index (κ2) is 9.76. The zero-order valence-electron chi connectivity index (χ0n) is 18.0. The van der Waals surface area contributed by atoms with E-state index in [2.05, 4.69) is 9.97 Å². The van der Waals surface area contributed by atoms with E-state index in [0.29, 0.717) is 23.8 Å². The van der Waals surface area contributed by atoms with Crippen LogP contribution >= 0.6 is 24.0 Å². The number of halogens is 2. The molecular formula is C24H22Cl2N4O3S. The van der Waals surface area contributed by atoms with E-state index < -0.39 is 10.0 Å². The van der Waals surface area contributed by atoms with Crippen molar-refractivity contribution in [1.29, 1.82) is 0 Å². The van der Waals surface area contributed by atoms with Crippen LogP contribution in [0.15, 0.2) is 78.0 Å². The zero-order valence-corrected chi connectivity index (χ0v) is 20.4. The van der Waals surface area contributed by atoms with Gasteiger partial charge in [0.25, 0.3) is 5.91 Å². The number of nitrogens with one attached hydrogen (secondary N) is 1. The first kappa shape index (κ1) is 24.2. The van der Waals surface area contributed by atoms with Crippen molar-refractivity contribution >= 4 is 50.8 Å². The summed E-state index contributed by atoms with van der Waals surface area (Å²) in [7, 11) is -3.64. The predicted molar refractivity (Wildman–Crippen MR) is 135 cm³/mol. The summed E-state index contributed by atoms with van der Waals surface area (Å²) in [5.41, 5.74) is 3.20. The van der Waals surface area contributed by atoms with Gasteiger partial charge >= 0.3 is 0 Å². The third-order valence-electron chi connectivity index (χ3n) is 5.84. The molecule has 0 radical (unpaired) electrons. The fraction of sp³-hybridized carbons (Fsp3) is 0.167. The van der Waals surface area contributed by atoms with Crippen LogP contribution in [0.2, 0.25) is 5.02 Å². The van der Waals surface area contributed by atoms with Crippen LogP contribution in [-0.4, -0.2) is 59.7 Å². The van der Waals surface area contributed by atoms with Crippen LogP contribution in [0.4, 0.5) is 0 Å². The number of sulfonamides is 1. The molecule has 1 aliphatic heterocycles. The topological polar surface area (TPSA) is 86.4 Å². The van der Waals surface area contributed by atoms with Crippen molar-refractivity contribution in [1.82, 2.24) is 19.2 Å². The first-order valence-electron chi connectivity index (χ1n) is 10.5. The minimum absolute atomic E-state index is 0. The Morgan fingerprint density at radius 3 is 2.21 bits per heavy atom. The fourth-order valence-corrected chi connectivity index (χ4v) is 5.64. The molecular weight excluding hydrogens is 495 g/mol. The van der Waals surface area contributed by atoms with Crippen molar-refractivity contribution in [3.63, 3.8) is 0 Å². The van der Waals surface area contributed by atoms with E-state index in [-0.39, 0.29) is 36.3 Å². The third kappa shape index (κ3) is 4.67. The van der Waals surface area contributed by atoms with Crippen molar-refractivity contribution in [2.75, 3.05) is 26.2 Å². The molecule has 1 fully saturated rings. The minimum Gasteiger partial charge on any atom is -0.351 e. The Morgan fingerprint density at radius 2 is 1.53 bits per heavy atom. The number of hydrogen-bond acceptors (Lipinski definition) is 4. The van der Waals surface area contributed by atoms with Gasteiger partial charge in [-0.1, -0.05) is 23.7 Å². The summed E-state index contributed by atoms with van der Waals surface area (Å²) in [6, 6.07) is 17.8. The predicted octanol–water partition coefficient (Wildman–Crippen LogP) is 4.45. The highest BCUT2D eigenvalue weighted by Gasteiger charge is 2.31. The molecule has 0 unspecified atom stereocenters. The van der Waals surface area contributed by atoms with Gasteiger partial charge in [-0.3, -0.25) is 9.78 Å². The van der Waals surface area contributed by atoms with Crippen LogP contribution in [0, 0.1) is 0 Å². The number of hydrogen-bond donors (Lipinski definition) is 1. The van der Waals surface area contributed by atoms with Crippen LogP contribution in [0.1, 0.15) is 10.5 Å². The number of aromatic amines is 1. The molecule has 1 aliphatic rings. The van der Waals surface area contributed by atoms with Gasteiger partial charge in [0.1, 0.15) is 5.69 Å². The molecule has 10 heteroatoms. The molecule has 2 aromatic carbocycles. The molecule has 5 rings (SSSR count). The lowest BCUT2D eigenvalue weighted by Crippen LogP contribution is -2.50. The molecule has 1 saturated heterocycles. The number of H-pyrrole nitrogens is 1. The Morgan fingerprint density at radius 1 is 0.882 bits per heavy atom. The molecule has 0 bridgehead atoms. The second-order valence-corrected chi connectivity index (χ2v) is 10.2. The van der Waals surface area contributed by atoms with E-state index in [4.69, 9.17) is 11.6 Å². The molecule has 0 atom stereocenters. The Balaban J connectivity index is 0.00000274. The van der Waals surface area contributed by atoms with Crippen molar-refractivity contribution < 1.29 is 13.2 Å². The van der Waals surface area contributed by atoms with Gasteiger partial charge < -0.3 is 9.88 Å². The average Bonchev–Trinajstić information content (AvgIpc) is 3.27. The van der Waals surface area contributed by atoms with E-state index in [0.717, 1.165) is 22.0 Å². The second-order valence-electron chi connectivity index (χ2n) is 7.87. The third-order valence-corrected chi connectivity index (χ3v) is 7.99. The van der Waals surface area contributed by atoms with Crippen molar-refractivity contribution in [2.24, 2.45) is 0 Å². The lowest BCUT2D eigenvalue weighted by atomic mass is 10.1. The summed E-state index contributed by atoms with van der Waals surface area (Å²) >= 11 is 6.03. The lowest BCUT2D eigenvalue weighted by Gasteiger charge is -2.33. The van der Waals surface area contributed by atoms with E-state index in [1.807, 2.05) is 18.2 Å². The van der Waals surface area contributed by atoms with Gasteiger partial charge in [0.15, 0.2) is 0 Å². The van der Waals surface area contributed by atoms with Gasteiger partial charge in [-0.2, -0.15) is 4.31 Å². The number of fused-ring (bicyclic) bond motifs is 1. The average molecular weight is 517 g/mol. The minimum atomic E-state index is -3.64. The summed E-state index contributed by atoms with van der Waals surface area (Å²) in [6.45, 7) is 1.13. The van der Waals surface area contributed by atoms with Gasteiger partial charge in [-0.25, -0.2) is 8.42 Å². The zero-order chi connectivity index (χ0) is 23.0. The normalized spacial score (nSPS) is 14.7. The van der Waals surface area contributed by atoms with Crippen LogP contribution in [0.25, 0.3) is 22.0 Å². The highest BCUT2D eigenvalue weighted by Crippen LogP contribution is 2.24. The summed E-state index contributed by atoms with van der Waals surface area (Å²) < 4.78 is 27.7. The van der Waals surface area contributed by atoms with Crippen molar-refractivity contribution in [3.05, 3.63) is 83.8 Å². The van der Waals surface area contributed by atoms with Crippen LogP contribution < -0.4 is 0 Å². The van der Waals surface area contributed by atoms with Crippen molar-refractivity contribution in [2.45, 2.75) is 4.90 Å². The number of benzene rings is 2. The molecule has 7 nitrogen and oxygen atoms in total. The maximum absolute atomic E-state index is 13.1. The molecule has 4 aromatic rings. The molecule has 0 saturated carbocycles. The Kier molecular flexibility index (Phi) is 6.95. The van der Waals surface area contributed by atoms with Crippen molar-refractivity contribution in [3.8, 4) is 11.1 Å². The van der Waals surface area contributed by atoms with E-state index >= 15 is 0 Å². The summed E-state index contributed by atoms with van der Waals surface area (Å²) in [6.07, 6.45) is 3.40. The summed E-state index contributed by atoms with van der Waals surface area (Å²) in [5.74, 6) is -0.152. The smallest absolute Gasteiger partial charge is 0.270 e. The Bertz CT molecular complexity index is 1420. The van der Waals surface area contributed by atoms with Crippen LogP contribution in [0.3, 0.4) is 0 Å². The molecule has 3 heterocycles. The quantitative estimate of drug-likeness (QED) is 0.434. The number of pyridine rings is 1. The number of amides is 1. The summed E-state index contributed by atoms with van der Waals surface area (Å²) in [5, 5.41) is 1.47. The first-order valence-corrected chi connectivity index (χ1v) is 12.3. The number of piperazine rings is 1. The highest BCUT2D eigenvalue weighted by molar-refractivity contribution is 7.89. The molecule has 0 aliphatic carbocycles. The van der Waals surface area contributed by atoms with E-state index in [9.17, 15) is 13.2 Å². The number of carbonyl (C=O) groups excluding carboxylic acids is 1. The Labute approximate surface area is 208 Å². The maximum atomic E-state index is 13.1. The van der Waals surface area contributed by atoms with Gasteiger partial charge in [0, 0.05) is 54.5 Å². The standard InChI is InChI=1S/C24H21ClN4O3S.ClH/c25-20-3-6-22-19(15-20)16-23(27-22)24(30)28-11-13-29(14-12-28)33(31,32)21-4-1-17(2-5-21)18-7-9-26-10-8-18;/h1-10,15-16,27H,11-14H2;1H. The molecule has 2 aromatic heterocycles. The number of nitrogens with zero attached hydrogens (tertiary/aromatic N) is 3. The SMILES string of the molecule is Cl.O=C(c1cc2cc(Cl)ccc2[nH]1)N1CCN(S(=O)(=O)c2ccc(-c3ccncc3)cc2)CC1. The highest BCUT2D eigenvalue weighted by atomic mass is 35.5. The molecule has 34 heavy (non-hydrogen) atoms. The van der Waals surface area contributed by atoms with E-state index in [1.165, 1.54) is 4.31 Å². The molecule has 0 spiro atoms. The van der Waals surface area contributed by atoms with Gasteiger partial charge in [0.2, 0.25) is 10.0 Å². The molecule has 176 valence electrons. The molecule has 1 amide bonds. The largest absolute Gasteiger partial charge is 0.351 e. The molecule has 1 N–H and O–H groups in total. The summed E-state index contributed by atoms with van der Waals surface area (Å²) in [4.78, 5) is 22.0. The monoisotopic (exact) mass is 516 g/mol. The maximum Gasteiger partial charge on any atom is 0.270 e. The van der Waals surface area contributed by atoms with Gasteiger partial charge in [-0.05, 0) is 59.7 Å². The van der Waals surface area contributed by atoms with Gasteiger partial charge in [0.05, 0.1) is 4.90 Å². The lowest BCUT2D eigenvalue weighted by molar-refractivity contribution is 0.0693. The van der Waals surface area contributed by atoms with Crippen LogP contribution in [-0.2, 0) is 10.0 Å². The number of carbonyl (C=O) groups is 1. The Hall–Kier alpha value is -2.91. The first-order chi connectivity index (χ1) is 15.9. The number of rotatable bonds is 4.